The Morgan fingerprint density at radius 1 is 1.28 bits per heavy atom. The molecule has 0 saturated heterocycles. The van der Waals surface area contributed by atoms with Crippen LogP contribution in [0, 0.1) is 11.8 Å². The van der Waals surface area contributed by atoms with E-state index in [1.807, 2.05) is 30.3 Å². The molecule has 1 heterocycles. The smallest absolute Gasteiger partial charge is 0.230 e. The molecule has 132 valence electrons. The van der Waals surface area contributed by atoms with Crippen LogP contribution >= 0.6 is 23.6 Å². The third-order valence-corrected chi connectivity index (χ3v) is 5.68. The van der Waals surface area contributed by atoms with Crippen LogP contribution in [0.25, 0.3) is 0 Å². The fraction of sp³-hybridized carbons (Fsp3) is 0.474. The number of nitrogens with one attached hydrogen (secondary N) is 1. The predicted molar refractivity (Wildman–Crippen MR) is 106 cm³/mol. The lowest BCUT2D eigenvalue weighted by Gasteiger charge is -2.01. The number of hydrogen-bond donors (Lipinski definition) is 1. The van der Waals surface area contributed by atoms with Crippen molar-refractivity contribution in [1.82, 2.24) is 10.2 Å². The van der Waals surface area contributed by atoms with Crippen LogP contribution in [-0.4, -0.2) is 21.0 Å². The average molecular weight is 374 g/mol. The number of nitrogens with zero attached hydrogens (tertiary/aromatic N) is 2. The third-order valence-electron chi connectivity index (χ3n) is 4.45. The van der Waals surface area contributed by atoms with Crippen molar-refractivity contribution in [2.24, 2.45) is 11.8 Å². The van der Waals surface area contributed by atoms with E-state index < -0.39 is 0 Å². The van der Waals surface area contributed by atoms with Gasteiger partial charge in [-0.1, -0.05) is 67.2 Å². The Labute approximate surface area is 158 Å². The van der Waals surface area contributed by atoms with Crippen LogP contribution in [0.1, 0.15) is 43.2 Å². The Kier molecular flexibility index (Phi) is 6.26. The Bertz CT molecular complexity index is 729. The maximum atomic E-state index is 12.1. The van der Waals surface area contributed by atoms with E-state index in [-0.39, 0.29) is 5.91 Å². The number of carbonyl (C=O) groups excluding carboxylic acids is 1. The normalized spacial score (nSPS) is 18.8. The maximum Gasteiger partial charge on any atom is 0.230 e. The standard InChI is InChI=1S/C19H23N3OS2/c1-2-6-16(24)11-14-10-15(14)12-18-21-22-19(25-18)20-17(23)9-13-7-4-3-5-8-13/h3-5,7-8,14-15H,2,6,9-12H2,1H3,(H,20,22,23). The number of amides is 1. The van der Waals surface area contributed by atoms with Gasteiger partial charge in [0.15, 0.2) is 0 Å². The van der Waals surface area contributed by atoms with Gasteiger partial charge in [0.25, 0.3) is 0 Å². The van der Waals surface area contributed by atoms with Crippen molar-refractivity contribution < 1.29 is 4.79 Å². The van der Waals surface area contributed by atoms with Gasteiger partial charge < -0.3 is 5.32 Å². The second kappa shape index (κ2) is 8.63. The fourth-order valence-corrected chi connectivity index (χ4v) is 4.31. The van der Waals surface area contributed by atoms with E-state index in [2.05, 4.69) is 22.4 Å². The topological polar surface area (TPSA) is 54.9 Å². The quantitative estimate of drug-likeness (QED) is 0.660. The molecule has 0 spiro atoms. The van der Waals surface area contributed by atoms with E-state index in [0.29, 0.717) is 17.5 Å². The van der Waals surface area contributed by atoms with Crippen LogP contribution in [0.15, 0.2) is 30.3 Å². The van der Waals surface area contributed by atoms with Crippen molar-refractivity contribution in [1.29, 1.82) is 0 Å². The van der Waals surface area contributed by atoms with E-state index in [1.54, 1.807) is 0 Å². The number of rotatable bonds is 9. The predicted octanol–water partition coefficient (Wildman–Crippen LogP) is 4.46. The summed E-state index contributed by atoms with van der Waals surface area (Å²) < 4.78 is 0. The third kappa shape index (κ3) is 5.68. The largest absolute Gasteiger partial charge is 0.300 e. The molecule has 0 aliphatic heterocycles. The number of thiocarbonyl (C=S) groups is 1. The molecular formula is C19H23N3OS2. The van der Waals surface area contributed by atoms with Crippen LogP contribution in [0.2, 0.25) is 0 Å². The second-order valence-electron chi connectivity index (χ2n) is 6.66. The summed E-state index contributed by atoms with van der Waals surface area (Å²) in [5.74, 6) is 1.35. The molecule has 1 aromatic heterocycles. The molecule has 3 rings (SSSR count). The molecule has 1 amide bonds. The summed E-state index contributed by atoms with van der Waals surface area (Å²) in [7, 11) is 0. The van der Waals surface area contributed by atoms with Gasteiger partial charge in [0.1, 0.15) is 5.01 Å². The number of anilines is 1. The highest BCUT2D eigenvalue weighted by Gasteiger charge is 2.37. The van der Waals surface area contributed by atoms with Gasteiger partial charge in [-0.25, -0.2) is 0 Å². The SMILES string of the molecule is CCCC(=S)CC1CC1Cc1nnc(NC(=O)Cc2ccccc2)s1. The van der Waals surface area contributed by atoms with Crippen molar-refractivity contribution in [3.8, 4) is 0 Å². The van der Waals surface area contributed by atoms with E-state index in [0.717, 1.165) is 42.2 Å². The molecule has 1 aliphatic rings. The van der Waals surface area contributed by atoms with Crippen LogP contribution in [0.4, 0.5) is 5.13 Å². The Hall–Kier alpha value is -1.66. The number of aromatic nitrogens is 2. The molecule has 25 heavy (non-hydrogen) atoms. The van der Waals surface area contributed by atoms with Gasteiger partial charge in [0.05, 0.1) is 6.42 Å². The minimum absolute atomic E-state index is 0.0527. The first kappa shape index (κ1) is 18.1. The lowest BCUT2D eigenvalue weighted by molar-refractivity contribution is -0.115. The zero-order chi connectivity index (χ0) is 17.6. The van der Waals surface area contributed by atoms with Crippen molar-refractivity contribution in [3.63, 3.8) is 0 Å². The number of benzene rings is 1. The van der Waals surface area contributed by atoms with Crippen molar-refractivity contribution in [2.75, 3.05) is 5.32 Å². The molecule has 1 N–H and O–H groups in total. The molecule has 0 radical (unpaired) electrons. The van der Waals surface area contributed by atoms with Gasteiger partial charge in [-0.2, -0.15) is 0 Å². The van der Waals surface area contributed by atoms with Crippen molar-refractivity contribution >= 4 is 39.5 Å². The molecule has 6 heteroatoms. The van der Waals surface area contributed by atoms with Gasteiger partial charge in [-0.3, -0.25) is 4.79 Å². The molecular weight excluding hydrogens is 350 g/mol. The summed E-state index contributed by atoms with van der Waals surface area (Å²) >= 11 is 6.90. The van der Waals surface area contributed by atoms with E-state index in [9.17, 15) is 4.79 Å². The lowest BCUT2D eigenvalue weighted by atomic mass is 10.1. The zero-order valence-electron chi connectivity index (χ0n) is 14.4. The number of hydrogen-bond acceptors (Lipinski definition) is 5. The van der Waals surface area contributed by atoms with E-state index >= 15 is 0 Å². The molecule has 4 nitrogen and oxygen atoms in total. The highest BCUT2D eigenvalue weighted by molar-refractivity contribution is 7.80. The van der Waals surface area contributed by atoms with Gasteiger partial charge in [0.2, 0.25) is 11.0 Å². The highest BCUT2D eigenvalue weighted by Crippen LogP contribution is 2.44. The van der Waals surface area contributed by atoms with Crippen LogP contribution in [0.3, 0.4) is 0 Å². The van der Waals surface area contributed by atoms with Gasteiger partial charge in [-0.05, 0) is 41.5 Å². The summed E-state index contributed by atoms with van der Waals surface area (Å²) in [6, 6.07) is 9.70. The molecule has 1 aromatic carbocycles. The first-order valence-electron chi connectivity index (χ1n) is 8.82. The van der Waals surface area contributed by atoms with Crippen LogP contribution < -0.4 is 5.32 Å². The van der Waals surface area contributed by atoms with Gasteiger partial charge in [-0.15, -0.1) is 10.2 Å². The van der Waals surface area contributed by atoms with E-state index in [1.165, 1.54) is 22.6 Å². The average Bonchev–Trinajstić information content (AvgIpc) is 3.13. The summed E-state index contributed by atoms with van der Waals surface area (Å²) in [6.45, 7) is 2.17. The molecule has 0 bridgehead atoms. The van der Waals surface area contributed by atoms with Crippen LogP contribution in [0.5, 0.6) is 0 Å². The molecule has 2 atom stereocenters. The summed E-state index contributed by atoms with van der Waals surface area (Å²) in [6.07, 6.45) is 5.82. The van der Waals surface area contributed by atoms with Gasteiger partial charge >= 0.3 is 0 Å². The monoisotopic (exact) mass is 373 g/mol. The highest BCUT2D eigenvalue weighted by atomic mass is 32.1. The zero-order valence-corrected chi connectivity index (χ0v) is 16.0. The molecule has 1 fully saturated rings. The minimum atomic E-state index is -0.0527. The summed E-state index contributed by atoms with van der Waals surface area (Å²) in [4.78, 5) is 13.3. The molecule has 1 saturated carbocycles. The number of carbonyl (C=O) groups is 1. The van der Waals surface area contributed by atoms with Crippen molar-refractivity contribution in [2.45, 2.75) is 45.4 Å². The van der Waals surface area contributed by atoms with Crippen molar-refractivity contribution in [3.05, 3.63) is 40.9 Å². The van der Waals surface area contributed by atoms with Crippen LogP contribution in [-0.2, 0) is 17.6 Å². The summed E-state index contributed by atoms with van der Waals surface area (Å²) in [5, 5.41) is 12.8. The Balaban J connectivity index is 1.44. The molecule has 2 unspecified atom stereocenters. The second-order valence-corrected chi connectivity index (χ2v) is 8.30. The van der Waals surface area contributed by atoms with Gasteiger partial charge in [0, 0.05) is 6.42 Å². The fourth-order valence-electron chi connectivity index (χ4n) is 3.04. The Morgan fingerprint density at radius 2 is 2.08 bits per heavy atom. The maximum absolute atomic E-state index is 12.1. The first-order chi connectivity index (χ1) is 12.1. The molecule has 2 aromatic rings. The van der Waals surface area contributed by atoms with E-state index in [4.69, 9.17) is 12.2 Å². The molecule has 1 aliphatic carbocycles. The first-order valence-corrected chi connectivity index (χ1v) is 10.0. The summed E-state index contributed by atoms with van der Waals surface area (Å²) in [5.41, 5.74) is 0.994. The minimum Gasteiger partial charge on any atom is -0.300 e. The Morgan fingerprint density at radius 3 is 2.84 bits per heavy atom. The lowest BCUT2D eigenvalue weighted by Crippen LogP contribution is -2.14.